The second kappa shape index (κ2) is 6.64. The first-order valence-corrected chi connectivity index (χ1v) is 8.50. The number of rotatable bonds is 4. The third-order valence-corrected chi connectivity index (χ3v) is 5.28. The van der Waals surface area contributed by atoms with Crippen molar-refractivity contribution in [3.8, 4) is 0 Å². The summed E-state index contributed by atoms with van der Waals surface area (Å²) in [6, 6.07) is 7.75. The Balaban J connectivity index is 2.11. The molecule has 2 unspecified atom stereocenters. The van der Waals surface area contributed by atoms with E-state index in [1.165, 1.54) is 11.3 Å². The maximum Gasteiger partial charge on any atom is 0.251 e. The molecular formula is C16H24N2OS. The fourth-order valence-electron chi connectivity index (χ4n) is 2.99. The molecule has 1 fully saturated rings. The van der Waals surface area contributed by atoms with Crippen LogP contribution in [0.5, 0.6) is 0 Å². The van der Waals surface area contributed by atoms with Crippen molar-refractivity contribution in [3.63, 3.8) is 0 Å². The van der Waals surface area contributed by atoms with E-state index in [0.29, 0.717) is 18.0 Å². The molecule has 0 aromatic heterocycles. The molecule has 0 aliphatic heterocycles. The Morgan fingerprint density at radius 3 is 2.65 bits per heavy atom. The Morgan fingerprint density at radius 2 is 2.10 bits per heavy atom. The van der Waals surface area contributed by atoms with Crippen LogP contribution in [0.3, 0.4) is 0 Å². The van der Waals surface area contributed by atoms with E-state index >= 15 is 0 Å². The van der Waals surface area contributed by atoms with Crippen molar-refractivity contribution in [2.24, 2.45) is 11.7 Å². The Morgan fingerprint density at radius 1 is 1.40 bits per heavy atom. The quantitative estimate of drug-likeness (QED) is 0.839. The zero-order valence-electron chi connectivity index (χ0n) is 12.3. The maximum absolute atomic E-state index is 12.4. The summed E-state index contributed by atoms with van der Waals surface area (Å²) in [4.78, 5) is 13.6. The lowest BCUT2D eigenvalue weighted by molar-refractivity contribution is 0.0813. The highest BCUT2D eigenvalue weighted by Crippen LogP contribution is 2.33. The van der Waals surface area contributed by atoms with Crippen molar-refractivity contribution in [3.05, 3.63) is 29.8 Å². The third-order valence-electron chi connectivity index (χ3n) is 4.53. The molecule has 3 nitrogen and oxygen atoms in total. The van der Waals surface area contributed by atoms with Crippen molar-refractivity contribution >= 4 is 17.7 Å². The Hall–Kier alpha value is -1.00. The van der Waals surface area contributed by atoms with Gasteiger partial charge in [0.25, 0.3) is 5.91 Å². The lowest BCUT2D eigenvalue weighted by Gasteiger charge is -2.42. The SMILES string of the molecule is CSc1ccc(C(=O)NC2(CN)CCCCC2C)cc1. The van der Waals surface area contributed by atoms with Gasteiger partial charge in [-0.1, -0.05) is 19.8 Å². The largest absolute Gasteiger partial charge is 0.345 e. The van der Waals surface area contributed by atoms with E-state index < -0.39 is 0 Å². The average molecular weight is 292 g/mol. The monoisotopic (exact) mass is 292 g/mol. The highest BCUT2D eigenvalue weighted by molar-refractivity contribution is 7.98. The summed E-state index contributed by atoms with van der Waals surface area (Å²) >= 11 is 1.68. The molecule has 0 radical (unpaired) electrons. The van der Waals surface area contributed by atoms with Gasteiger partial charge in [-0.05, 0) is 49.3 Å². The van der Waals surface area contributed by atoms with Gasteiger partial charge in [0, 0.05) is 17.0 Å². The van der Waals surface area contributed by atoms with Crippen LogP contribution in [0.25, 0.3) is 0 Å². The number of hydrogen-bond donors (Lipinski definition) is 2. The van der Waals surface area contributed by atoms with Gasteiger partial charge in [0.05, 0.1) is 5.54 Å². The zero-order valence-corrected chi connectivity index (χ0v) is 13.1. The van der Waals surface area contributed by atoms with E-state index in [4.69, 9.17) is 5.73 Å². The first-order chi connectivity index (χ1) is 9.61. The summed E-state index contributed by atoms with van der Waals surface area (Å²) in [5.74, 6) is 0.438. The molecule has 20 heavy (non-hydrogen) atoms. The second-order valence-electron chi connectivity index (χ2n) is 5.69. The summed E-state index contributed by atoms with van der Waals surface area (Å²) in [5.41, 5.74) is 6.47. The first kappa shape index (κ1) is 15.4. The third kappa shape index (κ3) is 3.18. The van der Waals surface area contributed by atoms with Crippen molar-refractivity contribution < 1.29 is 4.79 Å². The molecule has 4 heteroatoms. The molecule has 0 spiro atoms. The summed E-state index contributed by atoms with van der Waals surface area (Å²) in [6.45, 7) is 2.71. The van der Waals surface area contributed by atoms with Crippen LogP contribution in [0.2, 0.25) is 0 Å². The fourth-order valence-corrected chi connectivity index (χ4v) is 3.40. The first-order valence-electron chi connectivity index (χ1n) is 7.28. The van der Waals surface area contributed by atoms with Crippen LogP contribution in [-0.4, -0.2) is 24.2 Å². The normalized spacial score (nSPS) is 26.2. The van der Waals surface area contributed by atoms with Gasteiger partial charge in [0.1, 0.15) is 0 Å². The molecule has 1 aliphatic carbocycles. The van der Waals surface area contributed by atoms with E-state index in [1.807, 2.05) is 30.5 Å². The number of nitrogens with two attached hydrogens (primary N) is 1. The van der Waals surface area contributed by atoms with Crippen LogP contribution in [-0.2, 0) is 0 Å². The topological polar surface area (TPSA) is 55.1 Å². The minimum atomic E-state index is -0.229. The van der Waals surface area contributed by atoms with E-state index in [-0.39, 0.29) is 11.4 Å². The van der Waals surface area contributed by atoms with E-state index in [9.17, 15) is 4.79 Å². The van der Waals surface area contributed by atoms with Crippen LogP contribution in [0.1, 0.15) is 43.0 Å². The molecule has 1 amide bonds. The summed E-state index contributed by atoms with van der Waals surface area (Å²) < 4.78 is 0. The summed E-state index contributed by atoms with van der Waals surface area (Å²) in [5, 5.41) is 3.21. The van der Waals surface area contributed by atoms with Gasteiger partial charge in [-0.2, -0.15) is 0 Å². The minimum Gasteiger partial charge on any atom is -0.345 e. The standard InChI is InChI=1S/C16H24N2OS/c1-12-5-3-4-10-16(12,11-17)18-15(19)13-6-8-14(20-2)9-7-13/h6-9,12H,3-5,10-11,17H2,1-2H3,(H,18,19). The number of amides is 1. The molecule has 1 aromatic carbocycles. The maximum atomic E-state index is 12.4. The van der Waals surface area contributed by atoms with Crippen LogP contribution in [0.4, 0.5) is 0 Å². The van der Waals surface area contributed by atoms with E-state index in [0.717, 1.165) is 19.3 Å². The second-order valence-corrected chi connectivity index (χ2v) is 6.57. The van der Waals surface area contributed by atoms with Gasteiger partial charge in [-0.15, -0.1) is 11.8 Å². The van der Waals surface area contributed by atoms with Gasteiger partial charge in [0.2, 0.25) is 0 Å². The minimum absolute atomic E-state index is 0.00291. The molecule has 1 aromatic rings. The number of thioether (sulfide) groups is 1. The summed E-state index contributed by atoms with van der Waals surface area (Å²) in [6.07, 6.45) is 6.54. The molecule has 110 valence electrons. The molecule has 3 N–H and O–H groups in total. The average Bonchev–Trinajstić information content (AvgIpc) is 2.49. The number of nitrogens with one attached hydrogen (secondary N) is 1. The van der Waals surface area contributed by atoms with Crippen molar-refractivity contribution in [1.82, 2.24) is 5.32 Å². The van der Waals surface area contributed by atoms with Crippen LogP contribution in [0, 0.1) is 5.92 Å². The Bertz CT molecular complexity index is 460. The molecule has 1 aliphatic rings. The molecule has 0 bridgehead atoms. The van der Waals surface area contributed by atoms with Crippen molar-refractivity contribution in [2.45, 2.75) is 43.0 Å². The van der Waals surface area contributed by atoms with Crippen molar-refractivity contribution in [1.29, 1.82) is 0 Å². The number of benzene rings is 1. The van der Waals surface area contributed by atoms with Gasteiger partial charge in [0.15, 0.2) is 0 Å². The highest BCUT2D eigenvalue weighted by atomic mass is 32.2. The van der Waals surface area contributed by atoms with E-state index in [1.54, 1.807) is 11.8 Å². The molecule has 0 heterocycles. The van der Waals surface area contributed by atoms with Gasteiger partial charge >= 0.3 is 0 Å². The van der Waals surface area contributed by atoms with E-state index in [2.05, 4.69) is 12.2 Å². The van der Waals surface area contributed by atoms with Gasteiger partial charge < -0.3 is 11.1 Å². The molecular weight excluding hydrogens is 268 g/mol. The van der Waals surface area contributed by atoms with Crippen LogP contribution < -0.4 is 11.1 Å². The molecule has 1 saturated carbocycles. The van der Waals surface area contributed by atoms with Crippen LogP contribution >= 0.6 is 11.8 Å². The zero-order chi connectivity index (χ0) is 14.6. The molecule has 0 saturated heterocycles. The smallest absolute Gasteiger partial charge is 0.251 e. The summed E-state index contributed by atoms with van der Waals surface area (Å²) in [7, 11) is 0. The van der Waals surface area contributed by atoms with Gasteiger partial charge in [-0.3, -0.25) is 4.79 Å². The van der Waals surface area contributed by atoms with Gasteiger partial charge in [-0.25, -0.2) is 0 Å². The van der Waals surface area contributed by atoms with Crippen LogP contribution in [0.15, 0.2) is 29.2 Å². The lowest BCUT2D eigenvalue weighted by Crippen LogP contribution is -2.59. The predicted molar refractivity (Wildman–Crippen MR) is 85.1 cm³/mol. The lowest BCUT2D eigenvalue weighted by atomic mass is 9.73. The Kier molecular flexibility index (Phi) is 5.11. The number of carbonyl (C=O) groups is 1. The number of hydrogen-bond acceptors (Lipinski definition) is 3. The fraction of sp³-hybridized carbons (Fsp3) is 0.562. The predicted octanol–water partition coefficient (Wildman–Crippen LogP) is 3.05. The highest BCUT2D eigenvalue weighted by Gasteiger charge is 2.38. The number of carbonyl (C=O) groups excluding carboxylic acids is 1. The Labute approximate surface area is 125 Å². The molecule has 2 atom stereocenters. The van der Waals surface area contributed by atoms with Crippen molar-refractivity contribution in [2.75, 3.05) is 12.8 Å². The molecule has 2 rings (SSSR count).